The second kappa shape index (κ2) is 6.73. The van der Waals surface area contributed by atoms with Crippen molar-refractivity contribution in [2.45, 2.75) is 13.5 Å². The molecule has 0 atom stereocenters. The van der Waals surface area contributed by atoms with Gasteiger partial charge in [-0.15, -0.1) is 0 Å². The smallest absolute Gasteiger partial charge is 0.231 e. The van der Waals surface area contributed by atoms with Crippen molar-refractivity contribution in [3.63, 3.8) is 0 Å². The molecule has 0 aliphatic carbocycles. The fourth-order valence-electron chi connectivity index (χ4n) is 3.54. The Labute approximate surface area is 170 Å². The summed E-state index contributed by atoms with van der Waals surface area (Å²) in [4.78, 5) is 8.90. The molecule has 150 valence electrons. The minimum Gasteiger partial charge on any atom is -0.454 e. The maximum absolute atomic E-state index is 14.4. The Kier molecular flexibility index (Phi) is 4.03. The van der Waals surface area contributed by atoms with E-state index >= 15 is 0 Å². The minimum atomic E-state index is -0.409. The van der Waals surface area contributed by atoms with Gasteiger partial charge in [0.15, 0.2) is 22.8 Å². The molecule has 0 saturated heterocycles. The summed E-state index contributed by atoms with van der Waals surface area (Å²) in [5.74, 6) is 0.887. The van der Waals surface area contributed by atoms with Crippen molar-refractivity contribution in [2.24, 2.45) is 7.05 Å². The zero-order chi connectivity index (χ0) is 20.8. The first kappa shape index (κ1) is 17.9. The highest BCUT2D eigenvalue weighted by atomic mass is 19.1. The van der Waals surface area contributed by atoms with E-state index in [9.17, 15) is 9.65 Å². The van der Waals surface area contributed by atoms with Gasteiger partial charge in [0, 0.05) is 19.8 Å². The van der Waals surface area contributed by atoms with Crippen LogP contribution in [0.5, 0.6) is 11.5 Å². The van der Waals surface area contributed by atoms with E-state index in [1.54, 1.807) is 21.5 Å². The topological polar surface area (TPSA) is 102 Å². The van der Waals surface area contributed by atoms with Gasteiger partial charge in [-0.3, -0.25) is 9.08 Å². The molecule has 4 aromatic rings. The SMILES string of the molecule is Cc1cc(-c2cnc(NCc3c(F)ccc4c3OCO4)n3cc(C#N)nc23)n(C)n1. The number of aromatic nitrogens is 5. The second-order valence-corrected chi connectivity index (χ2v) is 6.83. The summed E-state index contributed by atoms with van der Waals surface area (Å²) in [6.07, 6.45) is 3.25. The average Bonchev–Trinajstić information content (AvgIpc) is 3.45. The third kappa shape index (κ3) is 2.79. The number of imidazole rings is 1. The molecule has 0 fully saturated rings. The third-order valence-electron chi connectivity index (χ3n) is 4.89. The largest absolute Gasteiger partial charge is 0.454 e. The summed E-state index contributed by atoms with van der Waals surface area (Å²) >= 11 is 0. The summed E-state index contributed by atoms with van der Waals surface area (Å²) in [5.41, 5.74) is 3.54. The standard InChI is InChI=1S/C20H16FN7O2/c1-11-5-16(27(2)26-11)14-8-24-20(28-9-12(6-22)25-19(14)28)23-7-13-15(21)3-4-17-18(13)30-10-29-17/h3-5,8-9H,7,10H2,1-2H3,(H,23,24). The number of ether oxygens (including phenoxy) is 2. The first-order valence-electron chi connectivity index (χ1n) is 9.15. The molecule has 0 radical (unpaired) electrons. The van der Waals surface area contributed by atoms with Crippen molar-refractivity contribution in [1.29, 1.82) is 5.26 Å². The van der Waals surface area contributed by atoms with Crippen LogP contribution in [0.4, 0.5) is 10.3 Å². The molecule has 0 amide bonds. The summed E-state index contributed by atoms with van der Waals surface area (Å²) < 4.78 is 28.5. The lowest BCUT2D eigenvalue weighted by Crippen LogP contribution is -2.09. The minimum absolute atomic E-state index is 0.0557. The van der Waals surface area contributed by atoms with Crippen LogP contribution >= 0.6 is 0 Å². The van der Waals surface area contributed by atoms with Crippen molar-refractivity contribution >= 4 is 11.6 Å². The number of hydrogen-bond donors (Lipinski definition) is 1. The molecule has 1 aromatic carbocycles. The summed E-state index contributed by atoms with van der Waals surface area (Å²) in [6, 6.07) is 6.85. The molecule has 3 aromatic heterocycles. The molecule has 0 saturated carbocycles. The molecule has 4 heterocycles. The van der Waals surface area contributed by atoms with Gasteiger partial charge in [-0.25, -0.2) is 14.4 Å². The maximum Gasteiger partial charge on any atom is 0.231 e. The lowest BCUT2D eigenvalue weighted by atomic mass is 10.1. The van der Waals surface area contributed by atoms with Crippen LogP contribution in [0.25, 0.3) is 16.9 Å². The maximum atomic E-state index is 14.4. The van der Waals surface area contributed by atoms with Gasteiger partial charge in [0.2, 0.25) is 12.7 Å². The fraction of sp³-hybridized carbons (Fsp3) is 0.200. The molecule has 30 heavy (non-hydrogen) atoms. The van der Waals surface area contributed by atoms with Gasteiger partial charge in [-0.1, -0.05) is 0 Å². The Balaban J connectivity index is 1.56. The molecule has 1 aliphatic heterocycles. The number of fused-ring (bicyclic) bond motifs is 2. The first-order chi connectivity index (χ1) is 14.5. The number of aryl methyl sites for hydroxylation is 2. The molecule has 5 rings (SSSR count). The van der Waals surface area contributed by atoms with Crippen LogP contribution in [0.3, 0.4) is 0 Å². The lowest BCUT2D eigenvalue weighted by molar-refractivity contribution is 0.173. The highest BCUT2D eigenvalue weighted by Crippen LogP contribution is 2.37. The van der Waals surface area contributed by atoms with Crippen LogP contribution in [-0.4, -0.2) is 30.9 Å². The van der Waals surface area contributed by atoms with E-state index in [0.29, 0.717) is 28.7 Å². The van der Waals surface area contributed by atoms with Crippen molar-refractivity contribution in [2.75, 3.05) is 12.1 Å². The molecular weight excluding hydrogens is 389 g/mol. The Morgan fingerprint density at radius 1 is 1.33 bits per heavy atom. The Morgan fingerprint density at radius 3 is 2.97 bits per heavy atom. The molecule has 0 bridgehead atoms. The summed E-state index contributed by atoms with van der Waals surface area (Å²) in [6.45, 7) is 2.07. The number of rotatable bonds is 4. The number of nitrogens with one attached hydrogen (secondary N) is 1. The van der Waals surface area contributed by atoms with Crippen LogP contribution in [0.15, 0.2) is 30.6 Å². The monoisotopic (exact) mass is 405 g/mol. The van der Waals surface area contributed by atoms with Gasteiger partial charge in [0.25, 0.3) is 0 Å². The van der Waals surface area contributed by atoms with E-state index in [1.165, 1.54) is 12.1 Å². The van der Waals surface area contributed by atoms with Crippen molar-refractivity contribution in [3.05, 3.63) is 53.4 Å². The number of nitriles is 1. The molecule has 9 nitrogen and oxygen atoms in total. The predicted octanol–water partition coefficient (Wildman–Crippen LogP) is 2.79. The number of nitrogens with zero attached hydrogens (tertiary/aromatic N) is 6. The van der Waals surface area contributed by atoms with E-state index in [-0.39, 0.29) is 19.0 Å². The molecular formula is C20H16FN7O2. The Hall–Kier alpha value is -4.13. The van der Waals surface area contributed by atoms with Gasteiger partial charge in [0.1, 0.15) is 11.9 Å². The Bertz CT molecular complexity index is 1340. The lowest BCUT2D eigenvalue weighted by Gasteiger charge is -2.12. The van der Waals surface area contributed by atoms with Gasteiger partial charge in [-0.05, 0) is 25.1 Å². The average molecular weight is 405 g/mol. The van der Waals surface area contributed by atoms with Crippen LogP contribution in [0.2, 0.25) is 0 Å². The normalized spacial score (nSPS) is 12.3. The van der Waals surface area contributed by atoms with Gasteiger partial charge < -0.3 is 14.8 Å². The molecule has 1 aliphatic rings. The van der Waals surface area contributed by atoms with Crippen molar-refractivity contribution in [3.8, 4) is 28.8 Å². The van der Waals surface area contributed by atoms with Gasteiger partial charge >= 0.3 is 0 Å². The number of halogens is 1. The summed E-state index contributed by atoms with van der Waals surface area (Å²) in [7, 11) is 1.83. The highest BCUT2D eigenvalue weighted by molar-refractivity contribution is 5.76. The first-order valence-corrected chi connectivity index (χ1v) is 9.15. The second-order valence-electron chi connectivity index (χ2n) is 6.83. The van der Waals surface area contributed by atoms with E-state index in [2.05, 4.69) is 26.5 Å². The third-order valence-corrected chi connectivity index (χ3v) is 4.89. The van der Waals surface area contributed by atoms with E-state index < -0.39 is 5.82 Å². The predicted molar refractivity (Wildman–Crippen MR) is 104 cm³/mol. The zero-order valence-electron chi connectivity index (χ0n) is 16.2. The van der Waals surface area contributed by atoms with E-state index in [0.717, 1.165) is 17.0 Å². The van der Waals surface area contributed by atoms with Crippen LogP contribution in [0.1, 0.15) is 17.0 Å². The fourth-order valence-corrected chi connectivity index (χ4v) is 3.54. The molecule has 1 N–H and O–H groups in total. The highest BCUT2D eigenvalue weighted by Gasteiger charge is 2.22. The van der Waals surface area contributed by atoms with Gasteiger partial charge in [-0.2, -0.15) is 10.4 Å². The Morgan fingerprint density at radius 2 is 2.20 bits per heavy atom. The van der Waals surface area contributed by atoms with Crippen LogP contribution in [-0.2, 0) is 13.6 Å². The number of anilines is 1. The quantitative estimate of drug-likeness (QED) is 0.557. The zero-order valence-corrected chi connectivity index (χ0v) is 16.2. The van der Waals surface area contributed by atoms with E-state index in [1.807, 2.05) is 20.0 Å². The molecule has 0 unspecified atom stereocenters. The summed E-state index contributed by atoms with van der Waals surface area (Å²) in [5, 5.41) is 16.8. The number of hydrogen-bond acceptors (Lipinski definition) is 7. The van der Waals surface area contributed by atoms with E-state index in [4.69, 9.17) is 9.47 Å². The van der Waals surface area contributed by atoms with Crippen LogP contribution in [0, 0.1) is 24.1 Å². The van der Waals surface area contributed by atoms with Crippen molar-refractivity contribution in [1.82, 2.24) is 24.1 Å². The number of benzene rings is 1. The van der Waals surface area contributed by atoms with Crippen LogP contribution < -0.4 is 14.8 Å². The van der Waals surface area contributed by atoms with Gasteiger partial charge in [0.05, 0.1) is 28.7 Å². The molecule has 10 heteroatoms. The van der Waals surface area contributed by atoms with Crippen molar-refractivity contribution < 1.29 is 13.9 Å². The molecule has 0 spiro atoms.